The summed E-state index contributed by atoms with van der Waals surface area (Å²) in [6.45, 7) is 8.44. The van der Waals surface area contributed by atoms with E-state index in [4.69, 9.17) is 10.5 Å². The number of hydrogen-bond donors (Lipinski definition) is 1. The van der Waals surface area contributed by atoms with E-state index in [0.29, 0.717) is 6.61 Å². The number of carbonyl (C=O) groups excluding carboxylic acids is 1. The van der Waals surface area contributed by atoms with Gasteiger partial charge in [-0.15, -0.1) is 0 Å². The third kappa shape index (κ3) is 5.80. The van der Waals surface area contributed by atoms with E-state index in [1.54, 1.807) is 0 Å². The minimum atomic E-state index is 0.130. The van der Waals surface area contributed by atoms with Crippen molar-refractivity contribution < 1.29 is 9.53 Å². The fourth-order valence-electron chi connectivity index (χ4n) is 2.10. The van der Waals surface area contributed by atoms with Gasteiger partial charge in [-0.25, -0.2) is 0 Å². The van der Waals surface area contributed by atoms with Crippen LogP contribution in [0.1, 0.15) is 26.2 Å². The van der Waals surface area contributed by atoms with Gasteiger partial charge in [0.05, 0.1) is 0 Å². The van der Waals surface area contributed by atoms with Crippen molar-refractivity contribution in [2.24, 2.45) is 5.73 Å². The second-order valence-electron chi connectivity index (χ2n) is 4.77. The van der Waals surface area contributed by atoms with E-state index in [1.807, 2.05) is 11.8 Å². The van der Waals surface area contributed by atoms with Crippen molar-refractivity contribution in [3.05, 3.63) is 0 Å². The quantitative estimate of drug-likeness (QED) is 0.635. The summed E-state index contributed by atoms with van der Waals surface area (Å²) in [4.78, 5) is 16.1. The predicted molar refractivity (Wildman–Crippen MR) is 72.4 cm³/mol. The van der Waals surface area contributed by atoms with Gasteiger partial charge in [-0.2, -0.15) is 0 Å². The molecule has 1 aliphatic heterocycles. The Kier molecular flexibility index (Phi) is 7.96. The molecule has 106 valence electrons. The number of ether oxygens (including phenoxy) is 1. The Hall–Kier alpha value is -0.650. The van der Waals surface area contributed by atoms with Crippen LogP contribution in [0, 0.1) is 0 Å². The Morgan fingerprint density at radius 1 is 1.22 bits per heavy atom. The molecule has 1 amide bonds. The van der Waals surface area contributed by atoms with Gasteiger partial charge in [0.1, 0.15) is 6.61 Å². The summed E-state index contributed by atoms with van der Waals surface area (Å²) in [6.07, 6.45) is 3.20. The molecule has 1 rings (SSSR count). The van der Waals surface area contributed by atoms with E-state index < -0.39 is 0 Å². The van der Waals surface area contributed by atoms with Crippen molar-refractivity contribution in [3.8, 4) is 0 Å². The van der Waals surface area contributed by atoms with Crippen molar-refractivity contribution in [1.82, 2.24) is 9.80 Å². The number of hydrogen-bond acceptors (Lipinski definition) is 4. The first-order chi connectivity index (χ1) is 8.77. The maximum absolute atomic E-state index is 11.8. The van der Waals surface area contributed by atoms with E-state index in [0.717, 1.165) is 58.5 Å². The summed E-state index contributed by atoms with van der Waals surface area (Å²) < 4.78 is 5.29. The maximum atomic E-state index is 11.8. The number of rotatable bonds is 8. The molecule has 0 unspecified atom stereocenters. The van der Waals surface area contributed by atoms with Crippen LogP contribution in [-0.4, -0.2) is 68.2 Å². The van der Waals surface area contributed by atoms with E-state index >= 15 is 0 Å². The SMILES string of the molecule is CCCOCC(=O)N1CCN(CCCCN)CC1. The number of nitrogens with zero attached hydrogens (tertiary/aromatic N) is 2. The van der Waals surface area contributed by atoms with E-state index in [9.17, 15) is 4.79 Å². The molecular weight excluding hydrogens is 230 g/mol. The second-order valence-corrected chi connectivity index (χ2v) is 4.77. The lowest BCUT2D eigenvalue weighted by molar-refractivity contribution is -0.137. The third-order valence-electron chi connectivity index (χ3n) is 3.23. The van der Waals surface area contributed by atoms with Gasteiger partial charge in [-0.1, -0.05) is 6.92 Å². The van der Waals surface area contributed by atoms with Crippen LogP contribution >= 0.6 is 0 Å². The molecule has 1 aliphatic rings. The van der Waals surface area contributed by atoms with Crippen molar-refractivity contribution in [2.75, 3.05) is 52.5 Å². The normalized spacial score (nSPS) is 17.1. The van der Waals surface area contributed by atoms with Crippen LogP contribution in [0.2, 0.25) is 0 Å². The molecule has 0 aromatic rings. The van der Waals surface area contributed by atoms with Gasteiger partial charge in [0.15, 0.2) is 0 Å². The third-order valence-corrected chi connectivity index (χ3v) is 3.23. The molecular formula is C13H27N3O2. The fourth-order valence-corrected chi connectivity index (χ4v) is 2.10. The van der Waals surface area contributed by atoms with Crippen LogP contribution in [-0.2, 0) is 9.53 Å². The molecule has 0 spiro atoms. The highest BCUT2D eigenvalue weighted by Gasteiger charge is 2.20. The summed E-state index contributed by atoms with van der Waals surface area (Å²) >= 11 is 0. The highest BCUT2D eigenvalue weighted by Crippen LogP contribution is 2.04. The molecule has 0 radical (unpaired) electrons. The number of carbonyl (C=O) groups is 1. The van der Waals surface area contributed by atoms with Gasteiger partial charge in [0.25, 0.3) is 0 Å². The topological polar surface area (TPSA) is 58.8 Å². The van der Waals surface area contributed by atoms with Crippen LogP contribution < -0.4 is 5.73 Å². The van der Waals surface area contributed by atoms with Gasteiger partial charge in [-0.3, -0.25) is 9.69 Å². The minimum Gasteiger partial charge on any atom is -0.372 e. The smallest absolute Gasteiger partial charge is 0.248 e. The fraction of sp³-hybridized carbons (Fsp3) is 0.923. The number of piperazine rings is 1. The molecule has 2 N–H and O–H groups in total. The first-order valence-electron chi connectivity index (χ1n) is 7.06. The molecule has 1 heterocycles. The molecule has 1 saturated heterocycles. The van der Waals surface area contributed by atoms with Crippen LogP contribution in [0.4, 0.5) is 0 Å². The van der Waals surface area contributed by atoms with Crippen molar-refractivity contribution in [2.45, 2.75) is 26.2 Å². The zero-order valence-electron chi connectivity index (χ0n) is 11.6. The summed E-state index contributed by atoms with van der Waals surface area (Å²) in [5.41, 5.74) is 5.48. The first-order valence-corrected chi connectivity index (χ1v) is 7.06. The molecule has 5 nitrogen and oxygen atoms in total. The van der Waals surface area contributed by atoms with Crippen LogP contribution in [0.3, 0.4) is 0 Å². The van der Waals surface area contributed by atoms with E-state index in [-0.39, 0.29) is 12.5 Å². The standard InChI is InChI=1S/C13H27N3O2/c1-2-11-18-12-13(17)16-9-7-15(8-10-16)6-4-3-5-14/h2-12,14H2,1H3. The van der Waals surface area contributed by atoms with Crippen LogP contribution in [0.5, 0.6) is 0 Å². The molecule has 18 heavy (non-hydrogen) atoms. The summed E-state index contributed by atoms with van der Waals surface area (Å²) in [5.74, 6) is 0.130. The van der Waals surface area contributed by atoms with Crippen LogP contribution in [0.15, 0.2) is 0 Å². The Morgan fingerprint density at radius 3 is 2.56 bits per heavy atom. The highest BCUT2D eigenvalue weighted by atomic mass is 16.5. The average molecular weight is 257 g/mol. The molecule has 5 heteroatoms. The molecule has 0 bridgehead atoms. The number of amides is 1. The summed E-state index contributed by atoms with van der Waals surface area (Å²) in [6, 6.07) is 0. The van der Waals surface area contributed by atoms with Crippen molar-refractivity contribution >= 4 is 5.91 Å². The van der Waals surface area contributed by atoms with E-state index in [2.05, 4.69) is 4.90 Å². The summed E-state index contributed by atoms with van der Waals surface area (Å²) in [5, 5.41) is 0. The zero-order chi connectivity index (χ0) is 13.2. The Labute approximate surface area is 110 Å². The molecule has 0 aromatic heterocycles. The lowest BCUT2D eigenvalue weighted by atomic mass is 10.2. The lowest BCUT2D eigenvalue weighted by Gasteiger charge is -2.34. The van der Waals surface area contributed by atoms with Crippen molar-refractivity contribution in [3.63, 3.8) is 0 Å². The largest absolute Gasteiger partial charge is 0.372 e. The monoisotopic (exact) mass is 257 g/mol. The highest BCUT2D eigenvalue weighted by molar-refractivity contribution is 5.77. The van der Waals surface area contributed by atoms with E-state index in [1.165, 1.54) is 0 Å². The van der Waals surface area contributed by atoms with Gasteiger partial charge in [0, 0.05) is 32.8 Å². The number of nitrogens with two attached hydrogens (primary N) is 1. The maximum Gasteiger partial charge on any atom is 0.248 e. The Bertz CT molecular complexity index is 228. The van der Waals surface area contributed by atoms with Gasteiger partial charge < -0.3 is 15.4 Å². The molecule has 0 aliphatic carbocycles. The van der Waals surface area contributed by atoms with Gasteiger partial charge >= 0.3 is 0 Å². The lowest BCUT2D eigenvalue weighted by Crippen LogP contribution is -2.49. The average Bonchev–Trinajstić information content (AvgIpc) is 2.40. The minimum absolute atomic E-state index is 0.130. The first kappa shape index (κ1) is 15.4. The summed E-state index contributed by atoms with van der Waals surface area (Å²) in [7, 11) is 0. The van der Waals surface area contributed by atoms with Crippen molar-refractivity contribution in [1.29, 1.82) is 0 Å². The Balaban J connectivity index is 2.12. The predicted octanol–water partition coefficient (Wildman–Crippen LogP) is 0.296. The molecule has 0 aromatic carbocycles. The van der Waals surface area contributed by atoms with Crippen LogP contribution in [0.25, 0.3) is 0 Å². The zero-order valence-corrected chi connectivity index (χ0v) is 11.6. The molecule has 0 saturated carbocycles. The molecule has 0 atom stereocenters. The second kappa shape index (κ2) is 9.30. The van der Waals surface area contributed by atoms with Gasteiger partial charge in [0.2, 0.25) is 5.91 Å². The Morgan fingerprint density at radius 2 is 1.94 bits per heavy atom. The van der Waals surface area contributed by atoms with Gasteiger partial charge in [-0.05, 0) is 32.4 Å². The molecule has 1 fully saturated rings. The number of unbranched alkanes of at least 4 members (excludes halogenated alkanes) is 1.